The van der Waals surface area contributed by atoms with Crippen LogP contribution in [0.4, 0.5) is 0 Å². The van der Waals surface area contributed by atoms with Gasteiger partial charge in [0.1, 0.15) is 0 Å². The third-order valence-electron chi connectivity index (χ3n) is 1.52. The van der Waals surface area contributed by atoms with Crippen LogP contribution in [0.3, 0.4) is 0 Å². The number of rotatable bonds is 4. The van der Waals surface area contributed by atoms with Crippen molar-refractivity contribution in [3.63, 3.8) is 0 Å². The first kappa shape index (κ1) is 9.35. The molecule has 0 aromatic rings. The van der Waals surface area contributed by atoms with Gasteiger partial charge in [0.15, 0.2) is 0 Å². The molecule has 58 valence electrons. The minimum atomic E-state index is -1.70. The van der Waals surface area contributed by atoms with Gasteiger partial charge in [0.2, 0.25) is 0 Å². The summed E-state index contributed by atoms with van der Waals surface area (Å²) in [6.45, 7) is 6.95. The SMILES string of the molecule is CCO[PH](C)(CC)OC. The van der Waals surface area contributed by atoms with E-state index in [4.69, 9.17) is 9.05 Å². The Kier molecular flexibility index (Phi) is 4.37. The van der Waals surface area contributed by atoms with Gasteiger partial charge in [-0.25, -0.2) is 0 Å². The zero-order chi connectivity index (χ0) is 7.33. The number of hydrogen-bond acceptors (Lipinski definition) is 2. The second kappa shape index (κ2) is 4.21. The van der Waals surface area contributed by atoms with E-state index in [-0.39, 0.29) is 0 Å². The average molecular weight is 152 g/mol. The Balaban J connectivity index is 3.62. The molecule has 0 fully saturated rings. The standard InChI is InChI=1S/C6H17O2P/c1-5-8-9(4,6-2)7-3/h9H,5-6H2,1-4H3. The molecule has 0 bridgehead atoms. The van der Waals surface area contributed by atoms with Crippen LogP contribution in [0.1, 0.15) is 13.8 Å². The minimum absolute atomic E-state index is 0.768. The molecule has 0 unspecified atom stereocenters. The summed E-state index contributed by atoms with van der Waals surface area (Å²) in [4.78, 5) is 0. The summed E-state index contributed by atoms with van der Waals surface area (Å²) in [6.07, 6.45) is 1.03. The Hall–Kier alpha value is 0.350. The normalized spacial score (nSPS) is 13.8. The summed E-state index contributed by atoms with van der Waals surface area (Å²) in [5.41, 5.74) is 0. The van der Waals surface area contributed by atoms with E-state index in [1.807, 2.05) is 6.92 Å². The van der Waals surface area contributed by atoms with Crippen LogP contribution in [0.15, 0.2) is 0 Å². The predicted octanol–water partition coefficient (Wildman–Crippen LogP) is 1.90. The van der Waals surface area contributed by atoms with E-state index in [2.05, 4.69) is 13.6 Å². The van der Waals surface area contributed by atoms with Gasteiger partial charge in [0, 0.05) is 0 Å². The van der Waals surface area contributed by atoms with Crippen LogP contribution >= 0.6 is 7.72 Å². The molecule has 3 heteroatoms. The molecule has 0 atom stereocenters. The summed E-state index contributed by atoms with van der Waals surface area (Å²) in [5, 5.41) is 0. The molecule has 0 heterocycles. The van der Waals surface area contributed by atoms with E-state index in [1.165, 1.54) is 0 Å². The molecule has 0 aliphatic rings. The van der Waals surface area contributed by atoms with E-state index < -0.39 is 7.72 Å². The second-order valence-corrected chi connectivity index (χ2v) is 5.80. The van der Waals surface area contributed by atoms with Gasteiger partial charge >= 0.3 is 57.2 Å². The van der Waals surface area contributed by atoms with E-state index in [0.717, 1.165) is 12.8 Å². The van der Waals surface area contributed by atoms with Crippen LogP contribution in [0.5, 0.6) is 0 Å². The summed E-state index contributed by atoms with van der Waals surface area (Å²) in [5.74, 6) is 0. The third kappa shape index (κ3) is 3.14. The summed E-state index contributed by atoms with van der Waals surface area (Å²) < 4.78 is 10.7. The Bertz CT molecular complexity index is 71.5. The average Bonchev–Trinajstić information content (AvgIpc) is 1.89. The van der Waals surface area contributed by atoms with Crippen LogP contribution in [0.2, 0.25) is 0 Å². The van der Waals surface area contributed by atoms with Gasteiger partial charge in [-0.1, -0.05) is 0 Å². The van der Waals surface area contributed by atoms with Crippen LogP contribution in [-0.2, 0) is 9.05 Å². The van der Waals surface area contributed by atoms with E-state index in [1.54, 1.807) is 7.11 Å². The zero-order valence-corrected chi connectivity index (χ0v) is 7.73. The van der Waals surface area contributed by atoms with Crippen molar-refractivity contribution in [2.24, 2.45) is 0 Å². The van der Waals surface area contributed by atoms with Crippen molar-refractivity contribution in [1.82, 2.24) is 0 Å². The quantitative estimate of drug-likeness (QED) is 0.573. The molecule has 0 aromatic heterocycles. The molecule has 0 spiro atoms. The first-order valence-electron chi connectivity index (χ1n) is 3.37. The second-order valence-electron chi connectivity index (χ2n) is 2.12. The van der Waals surface area contributed by atoms with E-state index in [9.17, 15) is 0 Å². The van der Waals surface area contributed by atoms with Gasteiger partial charge in [-0.2, -0.15) is 0 Å². The molecule has 0 aliphatic heterocycles. The van der Waals surface area contributed by atoms with Gasteiger partial charge in [-0.05, 0) is 0 Å². The Morgan fingerprint density at radius 3 is 2.00 bits per heavy atom. The van der Waals surface area contributed by atoms with E-state index in [0.29, 0.717) is 0 Å². The van der Waals surface area contributed by atoms with Crippen LogP contribution in [0, 0.1) is 0 Å². The van der Waals surface area contributed by atoms with Crippen molar-refractivity contribution >= 4 is 7.72 Å². The molecule has 9 heavy (non-hydrogen) atoms. The zero-order valence-electron chi connectivity index (χ0n) is 6.73. The van der Waals surface area contributed by atoms with Crippen LogP contribution < -0.4 is 0 Å². The molecule has 0 saturated heterocycles. The molecule has 0 radical (unpaired) electrons. The fourth-order valence-corrected chi connectivity index (χ4v) is 1.83. The monoisotopic (exact) mass is 152 g/mol. The van der Waals surface area contributed by atoms with Crippen LogP contribution in [-0.4, -0.2) is 26.5 Å². The Morgan fingerprint density at radius 2 is 1.89 bits per heavy atom. The van der Waals surface area contributed by atoms with Gasteiger partial charge in [0.25, 0.3) is 0 Å². The Morgan fingerprint density at radius 1 is 1.33 bits per heavy atom. The van der Waals surface area contributed by atoms with Gasteiger partial charge in [-0.15, -0.1) is 0 Å². The maximum absolute atomic E-state index is 5.44. The molecule has 0 aliphatic carbocycles. The molecule has 0 N–H and O–H groups in total. The molecule has 2 nitrogen and oxygen atoms in total. The molecular formula is C6H17O2P. The van der Waals surface area contributed by atoms with Gasteiger partial charge in [-0.3, -0.25) is 0 Å². The molecule has 0 saturated carbocycles. The van der Waals surface area contributed by atoms with Gasteiger partial charge < -0.3 is 0 Å². The fourth-order valence-electron chi connectivity index (χ4n) is 0.611. The third-order valence-corrected chi connectivity index (χ3v) is 4.57. The fraction of sp³-hybridized carbons (Fsp3) is 1.00. The Labute approximate surface area is 58.0 Å². The summed E-state index contributed by atoms with van der Waals surface area (Å²) in [7, 11) is 0.0302. The first-order chi connectivity index (χ1) is 4.18. The van der Waals surface area contributed by atoms with Crippen LogP contribution in [0.25, 0.3) is 0 Å². The van der Waals surface area contributed by atoms with E-state index >= 15 is 0 Å². The number of hydrogen-bond donors (Lipinski definition) is 0. The van der Waals surface area contributed by atoms with Crippen molar-refractivity contribution < 1.29 is 9.05 Å². The maximum atomic E-state index is 5.44. The van der Waals surface area contributed by atoms with Crippen molar-refractivity contribution in [3.05, 3.63) is 0 Å². The topological polar surface area (TPSA) is 18.5 Å². The summed E-state index contributed by atoms with van der Waals surface area (Å²) >= 11 is 0. The molecule has 0 aromatic carbocycles. The molecular weight excluding hydrogens is 135 g/mol. The van der Waals surface area contributed by atoms with Crippen molar-refractivity contribution in [2.45, 2.75) is 13.8 Å². The first-order valence-corrected chi connectivity index (χ1v) is 5.90. The van der Waals surface area contributed by atoms with Gasteiger partial charge in [0.05, 0.1) is 0 Å². The molecule has 0 rings (SSSR count). The van der Waals surface area contributed by atoms with Crippen molar-refractivity contribution in [2.75, 3.05) is 26.5 Å². The molecule has 0 amide bonds. The van der Waals surface area contributed by atoms with Crippen molar-refractivity contribution in [1.29, 1.82) is 0 Å². The summed E-state index contributed by atoms with van der Waals surface area (Å²) in [6, 6.07) is 0. The van der Waals surface area contributed by atoms with Crippen molar-refractivity contribution in [3.8, 4) is 0 Å². The predicted molar refractivity (Wildman–Crippen MR) is 43.4 cm³/mol.